The molecule has 0 radical (unpaired) electrons. The Morgan fingerprint density at radius 3 is 1.67 bits per heavy atom. The molecule has 0 fully saturated rings. The molecule has 0 aliphatic heterocycles. The summed E-state index contributed by atoms with van der Waals surface area (Å²) in [6.45, 7) is 8.30. The van der Waals surface area contributed by atoms with Crippen molar-refractivity contribution in [2.24, 2.45) is 5.92 Å². The zero-order chi connectivity index (χ0) is 41.9. The summed E-state index contributed by atoms with van der Waals surface area (Å²) in [4.78, 5) is 101. The lowest BCUT2D eigenvalue weighted by molar-refractivity contribution is -0.144. The second kappa shape index (κ2) is 29.2. The van der Waals surface area contributed by atoms with Gasteiger partial charge in [0, 0.05) is 13.5 Å². The van der Waals surface area contributed by atoms with Gasteiger partial charge in [0.2, 0.25) is 41.4 Å². The van der Waals surface area contributed by atoms with Crippen molar-refractivity contribution in [1.29, 1.82) is 0 Å². The molecule has 17 nitrogen and oxygen atoms in total. The van der Waals surface area contributed by atoms with E-state index in [4.69, 9.17) is 0 Å². The number of aliphatic hydroxyl groups is 2. The first-order valence-electron chi connectivity index (χ1n) is 19.7. The number of aldehydes is 1. The molecule has 3 unspecified atom stereocenters. The number of carbonyl (C=O) groups excluding carboxylic acids is 8. The minimum atomic E-state index is -1.47. The van der Waals surface area contributed by atoms with E-state index < -0.39 is 90.8 Å². The fraction of sp³-hybridized carbons (Fsp3) is 0.789. The fourth-order valence-electron chi connectivity index (χ4n) is 5.73. The first-order chi connectivity index (χ1) is 26.0. The quantitative estimate of drug-likeness (QED) is 0.0367. The maximum atomic E-state index is 13.1. The van der Waals surface area contributed by atoms with Crippen LogP contribution >= 0.6 is 0 Å². The molecule has 6 atom stereocenters. The highest BCUT2D eigenvalue weighted by molar-refractivity contribution is 5.96. The molecule has 17 heteroatoms. The summed E-state index contributed by atoms with van der Waals surface area (Å²) < 4.78 is 0. The number of hydrogen-bond acceptors (Lipinski definition) is 10. The molecule has 0 aromatic rings. The van der Waals surface area contributed by atoms with E-state index >= 15 is 0 Å². The first-order valence-corrected chi connectivity index (χ1v) is 19.7. The number of nitrogens with one attached hydrogen (secondary N) is 6. The third-order valence-corrected chi connectivity index (χ3v) is 9.00. The predicted molar refractivity (Wildman–Crippen MR) is 207 cm³/mol. The van der Waals surface area contributed by atoms with E-state index in [9.17, 15) is 48.6 Å². The van der Waals surface area contributed by atoms with Gasteiger partial charge in [-0.15, -0.1) is 0 Å². The van der Waals surface area contributed by atoms with Gasteiger partial charge in [-0.3, -0.25) is 33.6 Å². The molecule has 0 bridgehead atoms. The number of rotatable bonds is 30. The van der Waals surface area contributed by atoms with Crippen LogP contribution < -0.4 is 31.9 Å². The lowest BCUT2D eigenvalue weighted by Gasteiger charge is -2.31. The van der Waals surface area contributed by atoms with Gasteiger partial charge in [-0.1, -0.05) is 85.0 Å². The third-order valence-electron chi connectivity index (χ3n) is 9.00. The number of hydrogen-bond donors (Lipinski definition) is 8. The smallest absolute Gasteiger partial charge is 0.246 e. The van der Waals surface area contributed by atoms with Crippen LogP contribution in [-0.4, -0.2) is 126 Å². The number of likely N-dealkylation sites (N-methyl/N-ethyl adjacent to an activating group) is 1. The molecule has 55 heavy (non-hydrogen) atoms. The van der Waals surface area contributed by atoms with Gasteiger partial charge < -0.3 is 51.8 Å². The molecule has 0 aromatic heterocycles. The van der Waals surface area contributed by atoms with E-state index in [1.165, 1.54) is 72.8 Å². The Morgan fingerprint density at radius 2 is 1.16 bits per heavy atom. The number of amides is 7. The van der Waals surface area contributed by atoms with Crippen LogP contribution in [0, 0.1) is 5.92 Å². The molecular formula is C38H69N7O10. The van der Waals surface area contributed by atoms with Crippen molar-refractivity contribution in [2.45, 2.75) is 161 Å². The molecule has 0 saturated heterocycles. The standard InChI is InChI=1S/C38H69N7O10/c1-8-9-10-11-12-13-14-15-16-17-18-19-31(49)43-30(24-47)37(54)41-26(4)34(51)40-23-32(50)45(7)33(28(6)48)38(55)42-27(5)35(52)44-29(22-25(2)3)36(53)39-20-21-46/h21,25-30,33,47-48H,8-20,22-24H2,1-7H3,(H,39,53)(H,40,51)(H,41,54)(H,42,55)(H,43,49)(H,44,52)/t26-,27+,28?,29?,30-,33?/m1/s1. The highest BCUT2D eigenvalue weighted by Crippen LogP contribution is 2.12. The Bertz CT molecular complexity index is 1220. The van der Waals surface area contributed by atoms with Crippen LogP contribution in [0.5, 0.6) is 0 Å². The molecule has 7 amide bonds. The topological polar surface area (TPSA) is 252 Å². The SMILES string of the molecule is CCCCCCCCCCCCCC(=O)N[C@H](CO)C(=O)N[C@H](C)C(=O)NCC(=O)N(C)C(C(=O)N[C@@H](C)C(=O)NC(CC(C)C)C(=O)NCC=O)C(C)O. The molecule has 0 heterocycles. The number of unbranched alkanes of at least 4 members (excludes halogenated alkanes) is 10. The first kappa shape index (κ1) is 50.9. The van der Waals surface area contributed by atoms with Crippen LogP contribution in [0.25, 0.3) is 0 Å². The Morgan fingerprint density at radius 1 is 0.636 bits per heavy atom. The summed E-state index contributed by atoms with van der Waals surface area (Å²) in [5.41, 5.74) is 0. The largest absolute Gasteiger partial charge is 0.394 e. The third kappa shape index (κ3) is 22.1. The number of aliphatic hydroxyl groups excluding tert-OH is 2. The second-order valence-electron chi connectivity index (χ2n) is 14.6. The van der Waals surface area contributed by atoms with Crippen LogP contribution in [0.2, 0.25) is 0 Å². The normalized spacial score (nSPS) is 14.3. The van der Waals surface area contributed by atoms with Crippen LogP contribution in [0.3, 0.4) is 0 Å². The summed E-state index contributed by atoms with van der Waals surface area (Å²) in [5, 5.41) is 34.7. The van der Waals surface area contributed by atoms with E-state index in [2.05, 4.69) is 38.8 Å². The molecule has 0 rings (SSSR count). The number of nitrogens with zero attached hydrogens (tertiary/aromatic N) is 1. The number of carbonyl (C=O) groups is 8. The summed E-state index contributed by atoms with van der Waals surface area (Å²) in [7, 11) is 1.22. The second-order valence-corrected chi connectivity index (χ2v) is 14.6. The highest BCUT2D eigenvalue weighted by Gasteiger charge is 2.34. The molecule has 0 saturated carbocycles. The zero-order valence-electron chi connectivity index (χ0n) is 34.0. The average Bonchev–Trinajstić information content (AvgIpc) is 3.12. The van der Waals surface area contributed by atoms with Crippen molar-refractivity contribution < 1.29 is 48.6 Å². The van der Waals surface area contributed by atoms with E-state index in [-0.39, 0.29) is 25.3 Å². The van der Waals surface area contributed by atoms with Crippen LogP contribution in [0.15, 0.2) is 0 Å². The lowest BCUT2D eigenvalue weighted by atomic mass is 10.0. The van der Waals surface area contributed by atoms with Crippen molar-refractivity contribution in [3.63, 3.8) is 0 Å². The van der Waals surface area contributed by atoms with E-state index in [1.54, 1.807) is 0 Å². The van der Waals surface area contributed by atoms with Gasteiger partial charge in [0.25, 0.3) is 0 Å². The molecule has 0 spiro atoms. The van der Waals surface area contributed by atoms with Gasteiger partial charge in [0.15, 0.2) is 0 Å². The van der Waals surface area contributed by atoms with Crippen LogP contribution in [0.1, 0.15) is 125 Å². The van der Waals surface area contributed by atoms with Gasteiger partial charge in [-0.2, -0.15) is 0 Å². The van der Waals surface area contributed by atoms with Gasteiger partial charge in [-0.05, 0) is 39.5 Å². The van der Waals surface area contributed by atoms with Crippen molar-refractivity contribution in [3.8, 4) is 0 Å². The monoisotopic (exact) mass is 784 g/mol. The van der Waals surface area contributed by atoms with Crippen molar-refractivity contribution in [1.82, 2.24) is 36.8 Å². The van der Waals surface area contributed by atoms with Crippen LogP contribution in [-0.2, 0) is 38.4 Å². The van der Waals surface area contributed by atoms with Crippen molar-refractivity contribution in [3.05, 3.63) is 0 Å². The van der Waals surface area contributed by atoms with Crippen LogP contribution in [0.4, 0.5) is 0 Å². The van der Waals surface area contributed by atoms with E-state index in [0.717, 1.165) is 24.2 Å². The molecular weight excluding hydrogens is 714 g/mol. The Balaban J connectivity index is 4.90. The average molecular weight is 784 g/mol. The van der Waals surface area contributed by atoms with Gasteiger partial charge in [0.05, 0.1) is 25.8 Å². The summed E-state index contributed by atoms with van der Waals surface area (Å²) >= 11 is 0. The molecule has 8 N–H and O–H groups in total. The minimum Gasteiger partial charge on any atom is -0.394 e. The Kier molecular flexibility index (Phi) is 27.0. The molecule has 316 valence electrons. The summed E-state index contributed by atoms with van der Waals surface area (Å²) in [6, 6.07) is -6.08. The maximum Gasteiger partial charge on any atom is 0.246 e. The van der Waals surface area contributed by atoms with Crippen molar-refractivity contribution in [2.75, 3.05) is 26.7 Å². The van der Waals surface area contributed by atoms with Gasteiger partial charge in [-0.25, -0.2) is 0 Å². The van der Waals surface area contributed by atoms with E-state index in [1.807, 2.05) is 13.8 Å². The maximum absolute atomic E-state index is 13.1. The fourth-order valence-corrected chi connectivity index (χ4v) is 5.73. The lowest BCUT2D eigenvalue weighted by Crippen LogP contribution is -2.59. The van der Waals surface area contributed by atoms with Crippen molar-refractivity contribution >= 4 is 47.6 Å². The molecule has 0 aliphatic rings. The molecule has 0 aromatic carbocycles. The zero-order valence-corrected chi connectivity index (χ0v) is 34.0. The molecule has 0 aliphatic carbocycles. The summed E-state index contributed by atoms with van der Waals surface area (Å²) in [5.74, 6) is -4.89. The highest BCUT2D eigenvalue weighted by atomic mass is 16.3. The Hall–Kier alpha value is -4.12. The van der Waals surface area contributed by atoms with E-state index in [0.29, 0.717) is 12.7 Å². The summed E-state index contributed by atoms with van der Waals surface area (Å²) in [6.07, 6.45) is 12.0. The predicted octanol–water partition coefficient (Wildman–Crippen LogP) is 0.344. The Labute approximate surface area is 326 Å². The van der Waals surface area contributed by atoms with Gasteiger partial charge in [0.1, 0.15) is 36.5 Å². The minimum absolute atomic E-state index is 0.00938. The van der Waals surface area contributed by atoms with Gasteiger partial charge >= 0.3 is 0 Å².